The Labute approximate surface area is 108 Å². The molecule has 0 aromatic rings. The Bertz CT molecular complexity index is 351. The maximum atomic E-state index is 12.3. The van der Waals surface area contributed by atoms with Crippen LogP contribution >= 0.6 is 0 Å². The number of carbonyl (C=O) groups excluding carboxylic acids is 1. The van der Waals surface area contributed by atoms with E-state index >= 15 is 0 Å². The molecule has 0 radical (unpaired) electrons. The number of carboxylic acids is 1. The van der Waals surface area contributed by atoms with Crippen molar-refractivity contribution in [3.8, 4) is 0 Å². The molecule has 1 aliphatic heterocycles. The first-order valence-electron chi connectivity index (χ1n) is 6.91. The monoisotopic (exact) mass is 253 g/mol. The summed E-state index contributed by atoms with van der Waals surface area (Å²) < 4.78 is 0. The van der Waals surface area contributed by atoms with Gasteiger partial charge in [-0.3, -0.25) is 9.59 Å². The largest absolute Gasteiger partial charge is 0.481 e. The lowest BCUT2D eigenvalue weighted by atomic mass is 9.93. The number of rotatable bonds is 4. The molecule has 1 N–H and O–H groups in total. The summed E-state index contributed by atoms with van der Waals surface area (Å²) in [6, 6.07) is 0. The third-order valence-corrected chi connectivity index (χ3v) is 4.41. The molecule has 2 rings (SSSR count). The molecular formula is C14H23NO3. The highest BCUT2D eigenvalue weighted by molar-refractivity contribution is 5.82. The first-order valence-corrected chi connectivity index (χ1v) is 6.91. The molecule has 102 valence electrons. The fourth-order valence-electron chi connectivity index (χ4n) is 2.94. The number of hydrogen-bond donors (Lipinski definition) is 1. The Morgan fingerprint density at radius 1 is 1.39 bits per heavy atom. The van der Waals surface area contributed by atoms with Gasteiger partial charge in [0.1, 0.15) is 0 Å². The summed E-state index contributed by atoms with van der Waals surface area (Å²) in [5.74, 6) is 0.137. The van der Waals surface area contributed by atoms with E-state index in [-0.39, 0.29) is 17.8 Å². The Kier molecular flexibility index (Phi) is 3.64. The van der Waals surface area contributed by atoms with Gasteiger partial charge in [-0.15, -0.1) is 0 Å². The maximum Gasteiger partial charge on any atom is 0.303 e. The summed E-state index contributed by atoms with van der Waals surface area (Å²) in [7, 11) is 0. The molecule has 18 heavy (non-hydrogen) atoms. The van der Waals surface area contributed by atoms with Crippen molar-refractivity contribution in [3.63, 3.8) is 0 Å². The quantitative estimate of drug-likeness (QED) is 0.835. The minimum atomic E-state index is -0.734. The van der Waals surface area contributed by atoms with Gasteiger partial charge in [0.2, 0.25) is 5.91 Å². The number of nitrogens with zero attached hydrogens (tertiary/aromatic N) is 1. The number of carbonyl (C=O) groups is 2. The summed E-state index contributed by atoms with van der Waals surface area (Å²) in [6.45, 7) is 5.90. The molecule has 2 atom stereocenters. The van der Waals surface area contributed by atoms with Crippen LogP contribution in [0.2, 0.25) is 0 Å². The molecule has 4 heteroatoms. The predicted octanol–water partition coefficient (Wildman–Crippen LogP) is 2.14. The lowest BCUT2D eigenvalue weighted by Crippen LogP contribution is -2.41. The Hall–Kier alpha value is -1.06. The number of piperidine rings is 1. The van der Waals surface area contributed by atoms with Crippen LogP contribution in [-0.4, -0.2) is 35.0 Å². The summed E-state index contributed by atoms with van der Waals surface area (Å²) in [6.07, 6.45) is 4.01. The molecular weight excluding hydrogens is 230 g/mol. The van der Waals surface area contributed by atoms with Crippen molar-refractivity contribution in [1.29, 1.82) is 0 Å². The fraction of sp³-hybridized carbons (Fsp3) is 0.857. The third-order valence-electron chi connectivity index (χ3n) is 4.41. The first kappa shape index (κ1) is 13.4. The predicted molar refractivity (Wildman–Crippen MR) is 68.1 cm³/mol. The van der Waals surface area contributed by atoms with Crippen LogP contribution < -0.4 is 0 Å². The first-order chi connectivity index (χ1) is 8.40. The highest BCUT2D eigenvalue weighted by Crippen LogP contribution is 2.52. The third kappa shape index (κ3) is 3.03. The van der Waals surface area contributed by atoms with Crippen molar-refractivity contribution in [2.45, 2.75) is 46.0 Å². The van der Waals surface area contributed by atoms with Gasteiger partial charge in [0, 0.05) is 25.4 Å². The zero-order chi connectivity index (χ0) is 13.3. The average Bonchev–Trinajstić information content (AvgIpc) is 2.95. The van der Waals surface area contributed by atoms with Crippen LogP contribution in [0.4, 0.5) is 0 Å². The minimum Gasteiger partial charge on any atom is -0.481 e. The van der Waals surface area contributed by atoms with E-state index in [0.717, 1.165) is 32.4 Å². The van der Waals surface area contributed by atoms with Gasteiger partial charge in [-0.25, -0.2) is 0 Å². The standard InChI is InChI=1S/C14H23NO3/c1-14(2)8-11(14)13(18)15-7-3-4-10(9-15)5-6-12(16)17/h10-11H,3-9H2,1-2H3,(H,16,17). The molecule has 2 unspecified atom stereocenters. The summed E-state index contributed by atoms with van der Waals surface area (Å²) in [4.78, 5) is 24.8. The average molecular weight is 253 g/mol. The SMILES string of the molecule is CC1(C)CC1C(=O)N1CCCC(CCC(=O)O)C1. The van der Waals surface area contributed by atoms with E-state index in [1.165, 1.54) is 0 Å². The molecule has 0 aromatic carbocycles. The molecule has 0 spiro atoms. The van der Waals surface area contributed by atoms with Gasteiger partial charge < -0.3 is 10.0 Å². The Morgan fingerprint density at radius 2 is 2.06 bits per heavy atom. The second kappa shape index (κ2) is 4.90. The van der Waals surface area contributed by atoms with Crippen LogP contribution in [-0.2, 0) is 9.59 Å². The molecule has 0 bridgehead atoms. The van der Waals surface area contributed by atoms with E-state index in [4.69, 9.17) is 5.11 Å². The zero-order valence-corrected chi connectivity index (χ0v) is 11.3. The van der Waals surface area contributed by atoms with Crippen LogP contribution in [0.3, 0.4) is 0 Å². The summed E-state index contributed by atoms with van der Waals surface area (Å²) in [5, 5.41) is 8.71. The van der Waals surface area contributed by atoms with Crippen molar-refractivity contribution >= 4 is 11.9 Å². The van der Waals surface area contributed by atoms with E-state index in [2.05, 4.69) is 13.8 Å². The number of aliphatic carboxylic acids is 1. The van der Waals surface area contributed by atoms with Crippen molar-refractivity contribution < 1.29 is 14.7 Å². The fourth-order valence-corrected chi connectivity index (χ4v) is 2.94. The lowest BCUT2D eigenvalue weighted by molar-refractivity contribution is -0.137. The molecule has 1 saturated heterocycles. The lowest BCUT2D eigenvalue weighted by Gasteiger charge is -2.33. The molecule has 1 saturated carbocycles. The van der Waals surface area contributed by atoms with Crippen LogP contribution in [0.1, 0.15) is 46.0 Å². The molecule has 1 aliphatic carbocycles. The minimum absolute atomic E-state index is 0.186. The van der Waals surface area contributed by atoms with Gasteiger partial charge in [-0.05, 0) is 37.0 Å². The van der Waals surface area contributed by atoms with Gasteiger partial charge in [0.15, 0.2) is 0 Å². The highest BCUT2D eigenvalue weighted by atomic mass is 16.4. The molecule has 0 aromatic heterocycles. The van der Waals surface area contributed by atoms with Crippen LogP contribution in [0.5, 0.6) is 0 Å². The Balaban J connectivity index is 1.83. The van der Waals surface area contributed by atoms with Crippen molar-refractivity contribution in [1.82, 2.24) is 4.90 Å². The molecule has 1 heterocycles. The highest BCUT2D eigenvalue weighted by Gasteiger charge is 2.52. The molecule has 2 aliphatic rings. The van der Waals surface area contributed by atoms with E-state index in [9.17, 15) is 9.59 Å². The summed E-state index contributed by atoms with van der Waals surface area (Å²) >= 11 is 0. The topological polar surface area (TPSA) is 57.6 Å². The number of amides is 1. The van der Waals surface area contributed by atoms with Gasteiger partial charge in [-0.2, -0.15) is 0 Å². The van der Waals surface area contributed by atoms with E-state index < -0.39 is 5.97 Å². The smallest absolute Gasteiger partial charge is 0.303 e. The Morgan fingerprint density at radius 3 is 2.61 bits per heavy atom. The number of hydrogen-bond acceptors (Lipinski definition) is 2. The second-order valence-corrected chi connectivity index (χ2v) is 6.47. The second-order valence-electron chi connectivity index (χ2n) is 6.47. The van der Waals surface area contributed by atoms with Gasteiger partial charge >= 0.3 is 5.97 Å². The number of carboxylic acid groups (broad SMARTS) is 1. The zero-order valence-electron chi connectivity index (χ0n) is 11.3. The van der Waals surface area contributed by atoms with Gasteiger partial charge in [0.25, 0.3) is 0 Å². The van der Waals surface area contributed by atoms with Crippen molar-refractivity contribution in [2.24, 2.45) is 17.3 Å². The molecule has 1 amide bonds. The molecule has 4 nitrogen and oxygen atoms in total. The van der Waals surface area contributed by atoms with E-state index in [1.54, 1.807) is 0 Å². The van der Waals surface area contributed by atoms with E-state index in [0.29, 0.717) is 18.2 Å². The van der Waals surface area contributed by atoms with Gasteiger partial charge in [-0.1, -0.05) is 13.8 Å². The van der Waals surface area contributed by atoms with Crippen molar-refractivity contribution in [3.05, 3.63) is 0 Å². The maximum absolute atomic E-state index is 12.3. The van der Waals surface area contributed by atoms with Gasteiger partial charge in [0.05, 0.1) is 0 Å². The van der Waals surface area contributed by atoms with Crippen LogP contribution in [0.25, 0.3) is 0 Å². The van der Waals surface area contributed by atoms with Crippen LogP contribution in [0, 0.1) is 17.3 Å². The molecule has 2 fully saturated rings. The number of likely N-dealkylation sites (tertiary alicyclic amines) is 1. The van der Waals surface area contributed by atoms with Crippen molar-refractivity contribution in [2.75, 3.05) is 13.1 Å². The normalized spacial score (nSPS) is 30.0. The van der Waals surface area contributed by atoms with Crippen LogP contribution in [0.15, 0.2) is 0 Å². The summed E-state index contributed by atoms with van der Waals surface area (Å²) in [5.41, 5.74) is 0.186. The van der Waals surface area contributed by atoms with E-state index in [1.807, 2.05) is 4.90 Å².